The van der Waals surface area contributed by atoms with Gasteiger partial charge in [0.05, 0.1) is 5.56 Å². The van der Waals surface area contributed by atoms with E-state index in [-0.39, 0.29) is 5.84 Å². The third kappa shape index (κ3) is 3.86. The Morgan fingerprint density at radius 3 is 2.74 bits per heavy atom. The zero-order valence-corrected chi connectivity index (χ0v) is 11.1. The van der Waals surface area contributed by atoms with Crippen molar-refractivity contribution >= 4 is 5.84 Å². The van der Waals surface area contributed by atoms with Crippen LogP contribution in [-0.4, -0.2) is 42.2 Å². The molecular weight excluding hydrogens is 242 g/mol. The lowest BCUT2D eigenvalue weighted by molar-refractivity contribution is 0.183. The van der Waals surface area contributed by atoms with Crippen LogP contribution in [0.2, 0.25) is 0 Å². The molecule has 0 aliphatic carbocycles. The van der Waals surface area contributed by atoms with Crippen molar-refractivity contribution in [2.75, 3.05) is 26.2 Å². The Morgan fingerprint density at radius 1 is 1.26 bits per heavy atom. The summed E-state index contributed by atoms with van der Waals surface area (Å²) in [6, 6.07) is 7.34. The largest absolute Gasteiger partial charge is 0.491 e. The number of ether oxygens (including phenoxy) is 1. The van der Waals surface area contributed by atoms with Crippen LogP contribution in [0.3, 0.4) is 0 Å². The van der Waals surface area contributed by atoms with Gasteiger partial charge < -0.3 is 15.7 Å². The van der Waals surface area contributed by atoms with E-state index < -0.39 is 0 Å². The second kappa shape index (κ2) is 6.99. The Kier molecular flexibility index (Phi) is 5.03. The van der Waals surface area contributed by atoms with E-state index in [2.05, 4.69) is 10.1 Å². The van der Waals surface area contributed by atoms with Crippen LogP contribution in [0.15, 0.2) is 29.4 Å². The van der Waals surface area contributed by atoms with Gasteiger partial charge in [-0.2, -0.15) is 0 Å². The van der Waals surface area contributed by atoms with Gasteiger partial charge in [0.1, 0.15) is 12.4 Å². The second-order valence-corrected chi connectivity index (χ2v) is 4.73. The van der Waals surface area contributed by atoms with E-state index in [0.29, 0.717) is 17.9 Å². The molecule has 1 aliphatic rings. The number of piperidine rings is 1. The summed E-state index contributed by atoms with van der Waals surface area (Å²) in [5, 5.41) is 11.8. The summed E-state index contributed by atoms with van der Waals surface area (Å²) in [7, 11) is 0. The quantitative estimate of drug-likeness (QED) is 0.367. The van der Waals surface area contributed by atoms with Crippen LogP contribution < -0.4 is 10.5 Å². The van der Waals surface area contributed by atoms with Crippen molar-refractivity contribution < 1.29 is 9.94 Å². The van der Waals surface area contributed by atoms with Gasteiger partial charge in [-0.3, -0.25) is 4.90 Å². The van der Waals surface area contributed by atoms with Gasteiger partial charge in [-0.1, -0.05) is 23.7 Å². The molecule has 104 valence electrons. The lowest BCUT2D eigenvalue weighted by Gasteiger charge is -2.26. The summed E-state index contributed by atoms with van der Waals surface area (Å²) in [6.45, 7) is 3.86. The number of hydrogen-bond donors (Lipinski definition) is 2. The third-order valence-electron chi connectivity index (χ3n) is 3.38. The molecule has 0 spiro atoms. The highest BCUT2D eigenvalue weighted by Crippen LogP contribution is 2.17. The van der Waals surface area contributed by atoms with Gasteiger partial charge in [0.2, 0.25) is 0 Å². The summed E-state index contributed by atoms with van der Waals surface area (Å²) in [5.41, 5.74) is 6.25. The molecule has 0 atom stereocenters. The normalized spacial score (nSPS) is 17.4. The monoisotopic (exact) mass is 263 g/mol. The number of rotatable bonds is 5. The predicted octanol–water partition coefficient (Wildman–Crippen LogP) is 1.65. The number of likely N-dealkylation sites (tertiary alicyclic amines) is 1. The van der Waals surface area contributed by atoms with E-state index in [1.54, 1.807) is 6.07 Å². The molecule has 5 nitrogen and oxygen atoms in total. The SMILES string of the molecule is N/C(=N/O)c1ccccc1OCCN1CCCCC1. The Balaban J connectivity index is 1.88. The molecular formula is C14H21N3O2. The average Bonchev–Trinajstić information content (AvgIpc) is 2.48. The molecule has 1 fully saturated rings. The highest BCUT2D eigenvalue weighted by atomic mass is 16.5. The minimum absolute atomic E-state index is 0.0774. The first-order chi connectivity index (χ1) is 9.31. The number of oxime groups is 1. The average molecular weight is 263 g/mol. The lowest BCUT2D eigenvalue weighted by Crippen LogP contribution is -2.33. The Hall–Kier alpha value is -1.75. The summed E-state index contributed by atoms with van der Waals surface area (Å²) in [4.78, 5) is 2.41. The number of hydrogen-bond acceptors (Lipinski definition) is 4. The Bertz CT molecular complexity index is 428. The van der Waals surface area contributed by atoms with E-state index >= 15 is 0 Å². The van der Waals surface area contributed by atoms with Crippen molar-refractivity contribution in [2.24, 2.45) is 10.9 Å². The minimum atomic E-state index is 0.0774. The molecule has 0 radical (unpaired) electrons. The van der Waals surface area contributed by atoms with Crippen LogP contribution >= 0.6 is 0 Å². The highest BCUT2D eigenvalue weighted by Gasteiger charge is 2.11. The van der Waals surface area contributed by atoms with Crippen molar-refractivity contribution in [1.29, 1.82) is 0 Å². The summed E-state index contributed by atoms with van der Waals surface area (Å²) in [5.74, 6) is 0.739. The highest BCUT2D eigenvalue weighted by molar-refractivity contribution is 5.99. The molecule has 3 N–H and O–H groups in total. The van der Waals surface area contributed by atoms with Crippen LogP contribution in [0.25, 0.3) is 0 Å². The summed E-state index contributed by atoms with van der Waals surface area (Å²) < 4.78 is 5.75. The molecule has 1 aromatic rings. The minimum Gasteiger partial charge on any atom is -0.491 e. The zero-order chi connectivity index (χ0) is 13.5. The van der Waals surface area contributed by atoms with Gasteiger partial charge in [0, 0.05) is 6.54 Å². The maximum absolute atomic E-state index is 8.74. The van der Waals surface area contributed by atoms with Crippen LogP contribution in [0.5, 0.6) is 5.75 Å². The number of para-hydroxylation sites is 1. The van der Waals surface area contributed by atoms with Gasteiger partial charge in [0.25, 0.3) is 0 Å². The molecule has 0 unspecified atom stereocenters. The summed E-state index contributed by atoms with van der Waals surface area (Å²) in [6.07, 6.45) is 3.89. The van der Waals surface area contributed by atoms with E-state index in [9.17, 15) is 0 Å². The van der Waals surface area contributed by atoms with E-state index in [1.807, 2.05) is 18.2 Å². The first kappa shape index (κ1) is 13.7. The molecule has 0 aromatic heterocycles. The molecule has 2 rings (SSSR count). The number of nitrogens with zero attached hydrogens (tertiary/aromatic N) is 2. The molecule has 5 heteroatoms. The van der Waals surface area contributed by atoms with Gasteiger partial charge in [-0.05, 0) is 38.1 Å². The zero-order valence-electron chi connectivity index (χ0n) is 11.1. The molecule has 0 saturated carbocycles. The third-order valence-corrected chi connectivity index (χ3v) is 3.38. The van der Waals surface area contributed by atoms with Crippen LogP contribution in [0, 0.1) is 0 Å². The fourth-order valence-corrected chi connectivity index (χ4v) is 2.33. The fourth-order valence-electron chi connectivity index (χ4n) is 2.33. The van der Waals surface area contributed by atoms with Gasteiger partial charge in [0.15, 0.2) is 5.84 Å². The molecule has 1 saturated heterocycles. The van der Waals surface area contributed by atoms with Crippen molar-refractivity contribution in [3.8, 4) is 5.75 Å². The maximum atomic E-state index is 8.74. The smallest absolute Gasteiger partial charge is 0.173 e. The van der Waals surface area contributed by atoms with Crippen molar-refractivity contribution in [1.82, 2.24) is 4.90 Å². The van der Waals surface area contributed by atoms with Crippen LogP contribution in [0.4, 0.5) is 0 Å². The van der Waals surface area contributed by atoms with E-state index in [4.69, 9.17) is 15.7 Å². The molecule has 0 amide bonds. The lowest BCUT2D eigenvalue weighted by atomic mass is 10.1. The number of amidine groups is 1. The number of nitrogens with two attached hydrogens (primary N) is 1. The molecule has 1 aliphatic heterocycles. The van der Waals surface area contributed by atoms with Gasteiger partial charge in [-0.25, -0.2) is 0 Å². The van der Waals surface area contributed by atoms with Crippen molar-refractivity contribution in [3.63, 3.8) is 0 Å². The first-order valence-corrected chi connectivity index (χ1v) is 6.73. The van der Waals surface area contributed by atoms with Crippen molar-refractivity contribution in [2.45, 2.75) is 19.3 Å². The topological polar surface area (TPSA) is 71.1 Å². The van der Waals surface area contributed by atoms with E-state index in [0.717, 1.165) is 19.6 Å². The molecule has 1 heterocycles. The standard InChI is InChI=1S/C14H21N3O2/c15-14(16-18)12-6-2-3-7-13(12)19-11-10-17-8-4-1-5-9-17/h2-3,6-7,18H,1,4-5,8-11H2,(H2,15,16). The predicted molar refractivity (Wildman–Crippen MR) is 74.7 cm³/mol. The maximum Gasteiger partial charge on any atom is 0.173 e. The van der Waals surface area contributed by atoms with Crippen LogP contribution in [-0.2, 0) is 0 Å². The van der Waals surface area contributed by atoms with E-state index in [1.165, 1.54) is 19.3 Å². The molecule has 0 bridgehead atoms. The Labute approximate surface area is 113 Å². The second-order valence-electron chi connectivity index (χ2n) is 4.73. The summed E-state index contributed by atoms with van der Waals surface area (Å²) >= 11 is 0. The number of benzene rings is 1. The Morgan fingerprint density at radius 2 is 2.00 bits per heavy atom. The fraction of sp³-hybridized carbons (Fsp3) is 0.500. The first-order valence-electron chi connectivity index (χ1n) is 6.73. The van der Waals surface area contributed by atoms with Crippen LogP contribution in [0.1, 0.15) is 24.8 Å². The van der Waals surface area contributed by atoms with Gasteiger partial charge >= 0.3 is 0 Å². The molecule has 19 heavy (non-hydrogen) atoms. The molecule has 1 aromatic carbocycles. The van der Waals surface area contributed by atoms with Gasteiger partial charge in [-0.15, -0.1) is 0 Å². The van der Waals surface area contributed by atoms with Crippen molar-refractivity contribution in [3.05, 3.63) is 29.8 Å².